The quantitative estimate of drug-likeness (QED) is 0.912. The number of benzene rings is 1. The van der Waals surface area contributed by atoms with Gasteiger partial charge in [-0.1, -0.05) is 12.1 Å². The van der Waals surface area contributed by atoms with Gasteiger partial charge in [-0.3, -0.25) is 4.68 Å². The van der Waals surface area contributed by atoms with Crippen molar-refractivity contribution in [3.63, 3.8) is 0 Å². The lowest BCUT2D eigenvalue weighted by Gasteiger charge is -2.17. The summed E-state index contributed by atoms with van der Waals surface area (Å²) in [5.41, 5.74) is 1.99. The van der Waals surface area contributed by atoms with Crippen molar-refractivity contribution < 1.29 is 9.53 Å². The molecule has 112 valence electrons. The molecule has 6 nitrogen and oxygen atoms in total. The van der Waals surface area contributed by atoms with Crippen LogP contribution in [0.2, 0.25) is 0 Å². The van der Waals surface area contributed by atoms with Gasteiger partial charge in [0.25, 0.3) is 0 Å². The predicted molar refractivity (Wildman–Crippen MR) is 79.9 cm³/mol. The van der Waals surface area contributed by atoms with Crippen LogP contribution in [0.4, 0.5) is 4.79 Å². The van der Waals surface area contributed by atoms with Gasteiger partial charge in [-0.15, -0.1) is 0 Å². The van der Waals surface area contributed by atoms with Crippen LogP contribution >= 0.6 is 0 Å². The van der Waals surface area contributed by atoms with Crippen molar-refractivity contribution in [3.05, 3.63) is 47.8 Å². The van der Waals surface area contributed by atoms with Crippen LogP contribution in [0.25, 0.3) is 0 Å². The molecule has 21 heavy (non-hydrogen) atoms. The van der Waals surface area contributed by atoms with Crippen molar-refractivity contribution in [2.24, 2.45) is 7.05 Å². The largest absolute Gasteiger partial charge is 0.497 e. The molecule has 2 amide bonds. The molecule has 0 unspecified atom stereocenters. The molecule has 0 aliphatic carbocycles. The molecular formula is C15H20N4O2. The van der Waals surface area contributed by atoms with E-state index in [-0.39, 0.29) is 6.03 Å². The third-order valence-electron chi connectivity index (χ3n) is 3.10. The molecule has 1 N–H and O–H groups in total. The third kappa shape index (κ3) is 4.24. The molecule has 0 aliphatic heterocycles. The number of rotatable bonds is 5. The highest BCUT2D eigenvalue weighted by atomic mass is 16.5. The van der Waals surface area contributed by atoms with Crippen molar-refractivity contribution in [1.29, 1.82) is 0 Å². The van der Waals surface area contributed by atoms with Crippen LogP contribution in [-0.2, 0) is 20.1 Å². The molecule has 2 rings (SSSR count). The van der Waals surface area contributed by atoms with Gasteiger partial charge in [-0.25, -0.2) is 4.79 Å². The second-order valence-electron chi connectivity index (χ2n) is 4.89. The SMILES string of the molecule is COc1cccc(CNC(=O)N(C)Cc2cnn(C)c2)c1. The smallest absolute Gasteiger partial charge is 0.317 e. The average molecular weight is 288 g/mol. The lowest BCUT2D eigenvalue weighted by molar-refractivity contribution is 0.206. The van der Waals surface area contributed by atoms with E-state index >= 15 is 0 Å². The minimum Gasteiger partial charge on any atom is -0.497 e. The zero-order valence-corrected chi connectivity index (χ0v) is 12.5. The summed E-state index contributed by atoms with van der Waals surface area (Å²) in [6, 6.07) is 7.51. The minimum atomic E-state index is -0.123. The fraction of sp³-hybridized carbons (Fsp3) is 0.333. The molecule has 0 fully saturated rings. The van der Waals surface area contributed by atoms with Crippen LogP contribution < -0.4 is 10.1 Å². The molecule has 0 spiro atoms. The minimum absolute atomic E-state index is 0.123. The molecule has 1 aromatic heterocycles. The number of nitrogens with one attached hydrogen (secondary N) is 1. The highest BCUT2D eigenvalue weighted by molar-refractivity contribution is 5.73. The molecule has 6 heteroatoms. The summed E-state index contributed by atoms with van der Waals surface area (Å²) < 4.78 is 6.88. The number of hydrogen-bond acceptors (Lipinski definition) is 3. The summed E-state index contributed by atoms with van der Waals surface area (Å²) in [6.45, 7) is 0.991. The fourth-order valence-electron chi connectivity index (χ4n) is 1.99. The molecule has 0 saturated carbocycles. The number of methoxy groups -OCH3 is 1. The normalized spacial score (nSPS) is 10.2. The van der Waals surface area contributed by atoms with Crippen LogP contribution in [0, 0.1) is 0 Å². The highest BCUT2D eigenvalue weighted by Crippen LogP contribution is 2.12. The molecule has 0 radical (unpaired) electrons. The first kappa shape index (κ1) is 14.9. The van der Waals surface area contributed by atoms with Gasteiger partial charge in [0.15, 0.2) is 0 Å². The van der Waals surface area contributed by atoms with E-state index in [0.29, 0.717) is 13.1 Å². The summed E-state index contributed by atoms with van der Waals surface area (Å²) in [7, 11) is 5.24. The molecule has 0 atom stereocenters. The second kappa shape index (κ2) is 6.78. The summed E-state index contributed by atoms with van der Waals surface area (Å²) in [5, 5.41) is 6.97. The van der Waals surface area contributed by atoms with Crippen LogP contribution in [-0.4, -0.2) is 34.9 Å². The number of amides is 2. The van der Waals surface area contributed by atoms with Gasteiger partial charge in [0.2, 0.25) is 0 Å². The van der Waals surface area contributed by atoms with Crippen LogP contribution in [0.15, 0.2) is 36.7 Å². The van der Waals surface area contributed by atoms with Crippen molar-refractivity contribution in [2.45, 2.75) is 13.1 Å². The van der Waals surface area contributed by atoms with Gasteiger partial charge < -0.3 is 15.0 Å². The number of carbonyl (C=O) groups excluding carboxylic acids is 1. The standard InChI is InChI=1S/C15H20N4O2/c1-18(10-13-9-17-19(2)11-13)15(20)16-8-12-5-4-6-14(7-12)21-3/h4-7,9,11H,8,10H2,1-3H3,(H,16,20). The van der Waals surface area contributed by atoms with Gasteiger partial charge in [-0.2, -0.15) is 5.10 Å². The Morgan fingerprint density at radius 2 is 2.24 bits per heavy atom. The highest BCUT2D eigenvalue weighted by Gasteiger charge is 2.09. The molecule has 0 saturated heterocycles. The first-order valence-electron chi connectivity index (χ1n) is 6.68. The van der Waals surface area contributed by atoms with Gasteiger partial charge >= 0.3 is 6.03 Å². The third-order valence-corrected chi connectivity index (χ3v) is 3.10. The van der Waals surface area contributed by atoms with E-state index in [1.807, 2.05) is 37.5 Å². The Hall–Kier alpha value is -2.50. The molecule has 0 bridgehead atoms. The van der Waals surface area contributed by atoms with Crippen molar-refractivity contribution in [2.75, 3.05) is 14.2 Å². The summed E-state index contributed by atoms with van der Waals surface area (Å²) >= 11 is 0. The van der Waals surface area contributed by atoms with E-state index in [1.165, 1.54) is 0 Å². The van der Waals surface area contributed by atoms with Crippen LogP contribution in [0.5, 0.6) is 5.75 Å². The van der Waals surface area contributed by atoms with Crippen LogP contribution in [0.1, 0.15) is 11.1 Å². The van der Waals surface area contributed by atoms with Crippen LogP contribution in [0.3, 0.4) is 0 Å². The monoisotopic (exact) mass is 288 g/mol. The summed E-state index contributed by atoms with van der Waals surface area (Å²) in [6.07, 6.45) is 3.65. The fourth-order valence-corrected chi connectivity index (χ4v) is 1.99. The molecule has 1 aromatic carbocycles. The van der Waals surface area contributed by atoms with E-state index in [0.717, 1.165) is 16.9 Å². The Morgan fingerprint density at radius 3 is 2.90 bits per heavy atom. The predicted octanol–water partition coefficient (Wildman–Crippen LogP) is 1.77. The first-order valence-corrected chi connectivity index (χ1v) is 6.68. The zero-order chi connectivity index (χ0) is 15.2. The van der Waals surface area contributed by atoms with E-state index in [2.05, 4.69) is 10.4 Å². The lowest BCUT2D eigenvalue weighted by Crippen LogP contribution is -2.36. The maximum Gasteiger partial charge on any atom is 0.317 e. The number of aryl methyl sites for hydroxylation is 1. The number of urea groups is 1. The zero-order valence-electron chi connectivity index (χ0n) is 12.5. The Labute approximate surface area is 124 Å². The maximum atomic E-state index is 12.0. The number of carbonyl (C=O) groups is 1. The molecular weight excluding hydrogens is 268 g/mol. The van der Waals surface area contributed by atoms with Gasteiger partial charge in [0, 0.05) is 32.4 Å². The topological polar surface area (TPSA) is 59.4 Å². The Bertz CT molecular complexity index is 609. The summed E-state index contributed by atoms with van der Waals surface area (Å²) in [5.74, 6) is 0.783. The van der Waals surface area contributed by atoms with Gasteiger partial charge in [0.1, 0.15) is 5.75 Å². The number of nitrogens with zero attached hydrogens (tertiary/aromatic N) is 3. The Balaban J connectivity index is 1.85. The lowest BCUT2D eigenvalue weighted by atomic mass is 10.2. The Kier molecular flexibility index (Phi) is 4.81. The van der Waals surface area contributed by atoms with E-state index < -0.39 is 0 Å². The van der Waals surface area contributed by atoms with Gasteiger partial charge in [-0.05, 0) is 17.7 Å². The average Bonchev–Trinajstić information content (AvgIpc) is 2.90. The maximum absolute atomic E-state index is 12.0. The Morgan fingerprint density at radius 1 is 1.43 bits per heavy atom. The van der Waals surface area contributed by atoms with Crippen molar-refractivity contribution in [3.8, 4) is 5.75 Å². The number of hydrogen-bond donors (Lipinski definition) is 1. The molecule has 2 aromatic rings. The molecule has 1 heterocycles. The molecule has 0 aliphatic rings. The van der Waals surface area contributed by atoms with E-state index in [1.54, 1.807) is 29.9 Å². The number of aromatic nitrogens is 2. The first-order chi connectivity index (χ1) is 10.1. The van der Waals surface area contributed by atoms with E-state index in [9.17, 15) is 4.79 Å². The van der Waals surface area contributed by atoms with Gasteiger partial charge in [0.05, 0.1) is 19.9 Å². The summed E-state index contributed by atoms with van der Waals surface area (Å²) in [4.78, 5) is 13.7. The van der Waals surface area contributed by atoms with E-state index in [4.69, 9.17) is 4.74 Å². The second-order valence-corrected chi connectivity index (χ2v) is 4.89. The van der Waals surface area contributed by atoms with Crippen molar-refractivity contribution in [1.82, 2.24) is 20.0 Å². The number of ether oxygens (including phenoxy) is 1. The van der Waals surface area contributed by atoms with Crippen molar-refractivity contribution >= 4 is 6.03 Å².